The largest absolute Gasteiger partial charge is 0.478 e. The maximum atomic E-state index is 10.9. The van der Waals surface area contributed by atoms with Gasteiger partial charge in [-0.15, -0.1) is 0 Å². The predicted octanol–water partition coefficient (Wildman–Crippen LogP) is 4.56. The molecule has 2 aromatic rings. The van der Waals surface area contributed by atoms with Gasteiger partial charge in [-0.05, 0) is 42.2 Å². The maximum absolute atomic E-state index is 10.9. The zero-order valence-corrected chi connectivity index (χ0v) is 13.3. The summed E-state index contributed by atoms with van der Waals surface area (Å²) >= 11 is 0. The molecule has 23 heavy (non-hydrogen) atoms. The molecule has 2 aromatic carbocycles. The lowest BCUT2D eigenvalue weighted by atomic mass is 10.1. The van der Waals surface area contributed by atoms with Crippen LogP contribution >= 0.6 is 0 Å². The first-order chi connectivity index (χ1) is 11.2. The number of hydrogen-bond donors (Lipinski definition) is 2. The fraction of sp³-hybridized carbons (Fsp3) is 0.263. The molecule has 0 spiro atoms. The summed E-state index contributed by atoms with van der Waals surface area (Å²) in [6.45, 7) is 2.21. The molecule has 0 heterocycles. The van der Waals surface area contributed by atoms with Crippen LogP contribution in [0.1, 0.15) is 47.7 Å². The first kappa shape index (κ1) is 16.7. The van der Waals surface area contributed by atoms with Crippen LogP contribution in [-0.2, 0) is 6.42 Å². The summed E-state index contributed by atoms with van der Waals surface area (Å²) in [5.41, 5.74) is 6.09. The molecule has 2 rings (SSSR count). The number of carboxylic acid groups (broad SMARTS) is 1. The van der Waals surface area contributed by atoms with Crippen LogP contribution in [0.3, 0.4) is 0 Å². The molecular formula is C19H22N2O2. The Labute approximate surface area is 136 Å². The van der Waals surface area contributed by atoms with Crippen LogP contribution in [0.25, 0.3) is 0 Å². The van der Waals surface area contributed by atoms with Crippen molar-refractivity contribution in [3.8, 4) is 0 Å². The molecule has 4 heteroatoms. The van der Waals surface area contributed by atoms with E-state index in [4.69, 9.17) is 5.11 Å². The first-order valence-corrected chi connectivity index (χ1v) is 7.90. The van der Waals surface area contributed by atoms with Gasteiger partial charge in [-0.1, -0.05) is 50.1 Å². The summed E-state index contributed by atoms with van der Waals surface area (Å²) in [4.78, 5) is 10.9. The maximum Gasteiger partial charge on any atom is 0.335 e. The highest BCUT2D eigenvalue weighted by Crippen LogP contribution is 2.11. The highest BCUT2D eigenvalue weighted by Gasteiger charge is 2.02. The molecule has 0 atom stereocenters. The van der Waals surface area contributed by atoms with Crippen molar-refractivity contribution in [3.63, 3.8) is 0 Å². The quantitative estimate of drug-likeness (QED) is 0.427. The van der Waals surface area contributed by atoms with Crippen molar-refractivity contribution in [1.29, 1.82) is 0 Å². The number of hydrazone groups is 1. The second-order valence-electron chi connectivity index (χ2n) is 5.45. The Morgan fingerprint density at radius 1 is 1.17 bits per heavy atom. The minimum atomic E-state index is -0.948. The number of aryl methyl sites for hydroxylation is 1. The van der Waals surface area contributed by atoms with E-state index in [1.165, 1.54) is 24.8 Å². The second-order valence-corrected chi connectivity index (χ2v) is 5.45. The van der Waals surface area contributed by atoms with E-state index in [-0.39, 0.29) is 5.56 Å². The normalized spacial score (nSPS) is 10.8. The molecule has 0 saturated carbocycles. The second kappa shape index (κ2) is 8.73. The van der Waals surface area contributed by atoms with Gasteiger partial charge in [-0.2, -0.15) is 5.10 Å². The van der Waals surface area contributed by atoms with Gasteiger partial charge in [0.05, 0.1) is 17.5 Å². The van der Waals surface area contributed by atoms with Gasteiger partial charge in [-0.25, -0.2) is 4.79 Å². The standard InChI is InChI=1S/C19H22N2O2/c1-2-3-4-6-15-9-11-16(12-10-15)14-20-21-18-8-5-7-17(13-18)19(22)23/h5,7-14,21H,2-4,6H2,1H3,(H,22,23)/b20-14+. The highest BCUT2D eigenvalue weighted by molar-refractivity contribution is 5.88. The van der Waals surface area contributed by atoms with Crippen molar-refractivity contribution in [2.45, 2.75) is 32.6 Å². The van der Waals surface area contributed by atoms with E-state index in [1.54, 1.807) is 30.5 Å². The Hall–Kier alpha value is -2.62. The third kappa shape index (κ3) is 5.58. The number of nitrogens with zero attached hydrogens (tertiary/aromatic N) is 1. The lowest BCUT2D eigenvalue weighted by Crippen LogP contribution is -1.97. The monoisotopic (exact) mass is 310 g/mol. The number of anilines is 1. The van der Waals surface area contributed by atoms with Crippen molar-refractivity contribution < 1.29 is 9.90 Å². The highest BCUT2D eigenvalue weighted by atomic mass is 16.4. The van der Waals surface area contributed by atoms with Crippen molar-refractivity contribution >= 4 is 17.9 Å². The summed E-state index contributed by atoms with van der Waals surface area (Å²) < 4.78 is 0. The minimum Gasteiger partial charge on any atom is -0.478 e. The molecule has 120 valence electrons. The van der Waals surface area contributed by atoms with Gasteiger partial charge >= 0.3 is 5.97 Å². The fourth-order valence-electron chi connectivity index (χ4n) is 2.25. The van der Waals surface area contributed by atoms with E-state index in [0.29, 0.717) is 5.69 Å². The molecule has 0 fully saturated rings. The number of carboxylic acids is 1. The minimum absolute atomic E-state index is 0.238. The van der Waals surface area contributed by atoms with Gasteiger partial charge in [0.1, 0.15) is 0 Å². The number of hydrogen-bond acceptors (Lipinski definition) is 3. The Bertz CT molecular complexity index is 663. The Morgan fingerprint density at radius 3 is 2.65 bits per heavy atom. The van der Waals surface area contributed by atoms with Crippen molar-refractivity contribution in [3.05, 3.63) is 65.2 Å². The molecule has 0 unspecified atom stereocenters. The lowest BCUT2D eigenvalue weighted by molar-refractivity contribution is 0.0697. The van der Waals surface area contributed by atoms with E-state index < -0.39 is 5.97 Å². The molecule has 0 amide bonds. The molecule has 0 aromatic heterocycles. The van der Waals surface area contributed by atoms with E-state index in [1.807, 2.05) is 12.1 Å². The zero-order chi connectivity index (χ0) is 16.5. The summed E-state index contributed by atoms with van der Waals surface area (Å²) in [7, 11) is 0. The molecule has 0 radical (unpaired) electrons. The van der Waals surface area contributed by atoms with E-state index in [9.17, 15) is 4.79 Å². The Morgan fingerprint density at radius 2 is 1.96 bits per heavy atom. The third-order valence-electron chi connectivity index (χ3n) is 3.57. The van der Waals surface area contributed by atoms with Crippen LogP contribution < -0.4 is 5.43 Å². The van der Waals surface area contributed by atoms with Gasteiger partial charge < -0.3 is 5.11 Å². The van der Waals surface area contributed by atoms with Crippen LogP contribution in [0.5, 0.6) is 0 Å². The lowest BCUT2D eigenvalue weighted by Gasteiger charge is -2.02. The molecule has 0 aliphatic carbocycles. The number of rotatable bonds is 8. The molecule has 2 N–H and O–H groups in total. The van der Waals surface area contributed by atoms with Crippen molar-refractivity contribution in [2.24, 2.45) is 5.10 Å². The van der Waals surface area contributed by atoms with Gasteiger partial charge in [0.15, 0.2) is 0 Å². The molecule has 0 bridgehead atoms. The SMILES string of the molecule is CCCCCc1ccc(/C=N/Nc2cccc(C(=O)O)c2)cc1. The molecule has 0 saturated heterocycles. The van der Waals surface area contributed by atoms with Gasteiger partial charge in [0.2, 0.25) is 0 Å². The van der Waals surface area contributed by atoms with E-state index in [0.717, 1.165) is 12.0 Å². The van der Waals surface area contributed by atoms with E-state index in [2.05, 4.69) is 29.6 Å². The van der Waals surface area contributed by atoms with E-state index >= 15 is 0 Å². The van der Waals surface area contributed by atoms with Crippen LogP contribution in [-0.4, -0.2) is 17.3 Å². The van der Waals surface area contributed by atoms with Crippen molar-refractivity contribution in [2.75, 3.05) is 5.43 Å². The molecule has 4 nitrogen and oxygen atoms in total. The Balaban J connectivity index is 1.90. The smallest absolute Gasteiger partial charge is 0.335 e. The summed E-state index contributed by atoms with van der Waals surface area (Å²) in [5, 5.41) is 13.1. The van der Waals surface area contributed by atoms with Crippen LogP contribution in [0.4, 0.5) is 5.69 Å². The molecular weight excluding hydrogens is 288 g/mol. The van der Waals surface area contributed by atoms with Gasteiger partial charge in [-0.3, -0.25) is 5.43 Å². The summed E-state index contributed by atoms with van der Waals surface area (Å²) in [6, 6.07) is 14.9. The van der Waals surface area contributed by atoms with Crippen molar-refractivity contribution in [1.82, 2.24) is 0 Å². The Kier molecular flexibility index (Phi) is 6.36. The third-order valence-corrected chi connectivity index (χ3v) is 3.57. The summed E-state index contributed by atoms with van der Waals surface area (Å²) in [5.74, 6) is -0.948. The van der Waals surface area contributed by atoms with Gasteiger partial charge in [0, 0.05) is 0 Å². The number of aromatic carboxylic acids is 1. The fourth-order valence-corrected chi connectivity index (χ4v) is 2.25. The topological polar surface area (TPSA) is 61.7 Å². The number of nitrogens with one attached hydrogen (secondary N) is 1. The van der Waals surface area contributed by atoms with Gasteiger partial charge in [0.25, 0.3) is 0 Å². The average molecular weight is 310 g/mol. The molecule has 0 aliphatic heterocycles. The summed E-state index contributed by atoms with van der Waals surface area (Å²) in [6.07, 6.45) is 6.57. The van der Waals surface area contributed by atoms with Crippen LogP contribution in [0, 0.1) is 0 Å². The number of unbranched alkanes of at least 4 members (excludes halogenated alkanes) is 2. The predicted molar refractivity (Wildman–Crippen MR) is 94.3 cm³/mol. The zero-order valence-electron chi connectivity index (χ0n) is 13.3. The van der Waals surface area contributed by atoms with Crippen LogP contribution in [0.15, 0.2) is 53.6 Å². The first-order valence-electron chi connectivity index (χ1n) is 7.90. The molecule has 0 aliphatic rings. The number of benzene rings is 2. The van der Waals surface area contributed by atoms with Crippen LogP contribution in [0.2, 0.25) is 0 Å². The average Bonchev–Trinajstić information content (AvgIpc) is 2.57. The number of carbonyl (C=O) groups is 1.